The maximum absolute atomic E-state index is 5.72. The van der Waals surface area contributed by atoms with Gasteiger partial charge in [-0.15, -0.1) is 11.6 Å². The Balaban J connectivity index is 0.000000707. The van der Waals surface area contributed by atoms with Crippen LogP contribution in [0.1, 0.15) is 64.6 Å². The molecular weight excluding hydrogens is 382 g/mol. The third-order valence-corrected chi connectivity index (χ3v) is 5.00. The smallest absolute Gasteiger partial charge is 0.155 e. The van der Waals surface area contributed by atoms with Crippen molar-refractivity contribution in [3.05, 3.63) is 47.8 Å². The summed E-state index contributed by atoms with van der Waals surface area (Å²) in [5, 5.41) is 4.53. The number of hydrogen-bond donors (Lipinski definition) is 0. The molecule has 2 aromatic heterocycles. The van der Waals surface area contributed by atoms with Crippen LogP contribution in [-0.4, -0.2) is 27.1 Å². The minimum Gasteiger partial charge on any atom is -0.494 e. The van der Waals surface area contributed by atoms with Crippen LogP contribution in [0.2, 0.25) is 0 Å². The molecule has 0 unspecified atom stereocenters. The van der Waals surface area contributed by atoms with E-state index >= 15 is 0 Å². The lowest BCUT2D eigenvalue weighted by Crippen LogP contribution is -2.06. The van der Waals surface area contributed by atoms with Gasteiger partial charge in [0.05, 0.1) is 18.5 Å². The quantitative estimate of drug-likeness (QED) is 0.263. The number of fused-ring (bicyclic) bond motifs is 2. The number of rotatable bonds is 5. The van der Waals surface area contributed by atoms with Crippen LogP contribution >= 0.6 is 11.6 Å². The van der Waals surface area contributed by atoms with Crippen molar-refractivity contribution in [2.45, 2.75) is 66.2 Å². The number of ether oxygens (including phenoxy) is 1. The molecule has 1 aromatic carbocycles. The van der Waals surface area contributed by atoms with Crippen LogP contribution in [0.15, 0.2) is 36.5 Å². The Hall–Kier alpha value is -2.07. The molecule has 2 heterocycles. The van der Waals surface area contributed by atoms with Crippen molar-refractivity contribution in [3.63, 3.8) is 0 Å². The van der Waals surface area contributed by atoms with Crippen LogP contribution in [0, 0.1) is 0 Å². The van der Waals surface area contributed by atoms with Gasteiger partial charge in [0.1, 0.15) is 5.75 Å². The van der Waals surface area contributed by atoms with Crippen molar-refractivity contribution in [3.8, 4) is 17.0 Å². The van der Waals surface area contributed by atoms with E-state index in [1.807, 2.05) is 56.6 Å². The first kappa shape index (κ1) is 23.2. The molecule has 158 valence electrons. The summed E-state index contributed by atoms with van der Waals surface area (Å²) in [6, 6.07) is 10.3. The van der Waals surface area contributed by atoms with E-state index in [2.05, 4.69) is 17.2 Å². The number of aromatic nitrogens is 3. The molecule has 0 atom stereocenters. The van der Waals surface area contributed by atoms with Gasteiger partial charge in [-0.25, -0.2) is 9.50 Å². The summed E-state index contributed by atoms with van der Waals surface area (Å²) < 4.78 is 7.70. The van der Waals surface area contributed by atoms with Crippen molar-refractivity contribution in [1.82, 2.24) is 14.6 Å². The molecule has 0 fully saturated rings. The zero-order chi connectivity index (χ0) is 21.1. The highest BCUT2D eigenvalue weighted by molar-refractivity contribution is 6.17. The molecule has 0 spiro atoms. The summed E-state index contributed by atoms with van der Waals surface area (Å²) in [5.74, 6) is 1.50. The van der Waals surface area contributed by atoms with Gasteiger partial charge in [0.15, 0.2) is 5.65 Å². The van der Waals surface area contributed by atoms with Crippen LogP contribution in [-0.2, 0) is 12.8 Å². The Morgan fingerprint density at radius 3 is 2.41 bits per heavy atom. The molecular formula is C24H34ClN3O. The number of alkyl halides is 1. The Morgan fingerprint density at radius 1 is 0.966 bits per heavy atom. The summed E-state index contributed by atoms with van der Waals surface area (Å²) in [4.78, 5) is 4.85. The van der Waals surface area contributed by atoms with Gasteiger partial charge in [0.2, 0.25) is 0 Å². The molecule has 5 heteroatoms. The molecule has 0 saturated carbocycles. The summed E-state index contributed by atoms with van der Waals surface area (Å²) in [6.45, 7) is 8.65. The van der Waals surface area contributed by atoms with E-state index in [0.717, 1.165) is 30.7 Å². The molecule has 1 aliphatic carbocycles. The molecule has 3 aromatic rings. The molecule has 0 bridgehead atoms. The SMILES string of the molecule is CC.CC.ClCCCOc1ccc(-c2c3c(nc4ccnn24)CCCCC3)cc1. The average molecular weight is 416 g/mol. The first-order valence-electron chi connectivity index (χ1n) is 11.0. The van der Waals surface area contributed by atoms with E-state index in [1.54, 1.807) is 0 Å². The lowest BCUT2D eigenvalue weighted by Gasteiger charge is -2.15. The van der Waals surface area contributed by atoms with E-state index in [1.165, 1.54) is 41.8 Å². The van der Waals surface area contributed by atoms with Crippen LogP contribution in [0.5, 0.6) is 5.75 Å². The topological polar surface area (TPSA) is 39.4 Å². The molecule has 4 rings (SSSR count). The van der Waals surface area contributed by atoms with Gasteiger partial charge in [-0.1, -0.05) is 34.1 Å². The number of aryl methyl sites for hydroxylation is 1. The van der Waals surface area contributed by atoms with E-state index in [4.69, 9.17) is 21.3 Å². The van der Waals surface area contributed by atoms with Crippen molar-refractivity contribution in [2.24, 2.45) is 0 Å². The zero-order valence-corrected chi connectivity index (χ0v) is 19.0. The maximum Gasteiger partial charge on any atom is 0.155 e. The normalized spacial score (nSPS) is 12.7. The molecule has 0 radical (unpaired) electrons. The second-order valence-corrected chi connectivity index (χ2v) is 6.84. The molecule has 29 heavy (non-hydrogen) atoms. The second-order valence-electron chi connectivity index (χ2n) is 6.46. The fourth-order valence-corrected chi connectivity index (χ4v) is 3.62. The molecule has 4 nitrogen and oxygen atoms in total. The highest BCUT2D eigenvalue weighted by Crippen LogP contribution is 2.31. The van der Waals surface area contributed by atoms with Crippen LogP contribution in [0.25, 0.3) is 16.9 Å². The first-order valence-corrected chi connectivity index (χ1v) is 11.5. The highest BCUT2D eigenvalue weighted by atomic mass is 35.5. The Kier molecular flexibility index (Phi) is 9.99. The molecule has 0 aliphatic heterocycles. The van der Waals surface area contributed by atoms with Crippen LogP contribution < -0.4 is 4.74 Å². The number of hydrogen-bond acceptors (Lipinski definition) is 3. The summed E-state index contributed by atoms with van der Waals surface area (Å²) in [7, 11) is 0. The van der Waals surface area contributed by atoms with Crippen molar-refractivity contribution in [2.75, 3.05) is 12.5 Å². The van der Waals surface area contributed by atoms with Crippen LogP contribution in [0.4, 0.5) is 0 Å². The Labute approximate surface area is 180 Å². The lowest BCUT2D eigenvalue weighted by molar-refractivity contribution is 0.318. The molecule has 0 saturated heterocycles. The monoisotopic (exact) mass is 415 g/mol. The molecule has 0 amide bonds. The third kappa shape index (κ3) is 5.72. The minimum absolute atomic E-state index is 0.624. The number of halogens is 1. The Morgan fingerprint density at radius 2 is 1.69 bits per heavy atom. The van der Waals surface area contributed by atoms with Gasteiger partial charge in [-0.05, 0) is 56.4 Å². The van der Waals surface area contributed by atoms with Crippen molar-refractivity contribution >= 4 is 17.2 Å². The molecule has 1 aliphatic rings. The Bertz CT molecular complexity index is 858. The predicted octanol–water partition coefficient (Wildman–Crippen LogP) is 6.73. The fraction of sp³-hybridized carbons (Fsp3) is 0.500. The largest absolute Gasteiger partial charge is 0.494 e. The summed E-state index contributed by atoms with van der Waals surface area (Å²) in [5.41, 5.74) is 5.86. The van der Waals surface area contributed by atoms with E-state index in [0.29, 0.717) is 12.5 Å². The average Bonchev–Trinajstić information content (AvgIpc) is 3.12. The zero-order valence-electron chi connectivity index (χ0n) is 18.2. The van der Waals surface area contributed by atoms with Gasteiger partial charge in [0, 0.05) is 28.8 Å². The van der Waals surface area contributed by atoms with Crippen molar-refractivity contribution in [1.29, 1.82) is 0 Å². The predicted molar refractivity (Wildman–Crippen MR) is 123 cm³/mol. The maximum atomic E-state index is 5.72. The second kappa shape index (κ2) is 12.5. The fourth-order valence-electron chi connectivity index (χ4n) is 3.51. The van der Waals surface area contributed by atoms with Crippen molar-refractivity contribution < 1.29 is 4.74 Å². The van der Waals surface area contributed by atoms with Gasteiger partial charge in [-0.2, -0.15) is 5.10 Å². The van der Waals surface area contributed by atoms with E-state index in [-0.39, 0.29) is 0 Å². The molecule has 0 N–H and O–H groups in total. The summed E-state index contributed by atoms with van der Waals surface area (Å²) >= 11 is 5.70. The van der Waals surface area contributed by atoms with Gasteiger partial charge < -0.3 is 4.74 Å². The number of nitrogens with zero attached hydrogens (tertiary/aromatic N) is 3. The van der Waals surface area contributed by atoms with E-state index in [9.17, 15) is 0 Å². The number of benzene rings is 1. The standard InChI is InChI=1S/C20H22ClN3O.2C2H6/c21-12-4-14-25-16-9-7-15(8-10-16)20-17-5-2-1-3-6-18(17)23-19-11-13-22-24(19)20;2*1-2/h7-11,13H,1-6,12,14H2;2*1-2H3. The van der Waals surface area contributed by atoms with Gasteiger partial charge in [-0.3, -0.25) is 0 Å². The van der Waals surface area contributed by atoms with Gasteiger partial charge in [0.25, 0.3) is 0 Å². The lowest BCUT2D eigenvalue weighted by atomic mass is 10.0. The van der Waals surface area contributed by atoms with Gasteiger partial charge >= 0.3 is 0 Å². The first-order chi connectivity index (χ1) is 14.4. The third-order valence-electron chi connectivity index (χ3n) is 4.73. The highest BCUT2D eigenvalue weighted by Gasteiger charge is 2.19. The van der Waals surface area contributed by atoms with E-state index < -0.39 is 0 Å². The minimum atomic E-state index is 0.624. The summed E-state index contributed by atoms with van der Waals surface area (Å²) in [6.07, 6.45) is 8.52. The van der Waals surface area contributed by atoms with Crippen LogP contribution in [0.3, 0.4) is 0 Å².